The largest absolute Gasteiger partial charge is 0.348 e. The molecule has 0 radical (unpaired) electrons. The first-order valence-corrected chi connectivity index (χ1v) is 12.0. The molecule has 0 spiro atoms. The molecule has 3 aromatic rings. The molecule has 6 nitrogen and oxygen atoms in total. The monoisotopic (exact) mass is 452 g/mol. The molecule has 1 aromatic carbocycles. The summed E-state index contributed by atoms with van der Waals surface area (Å²) in [6.45, 7) is 6.82. The maximum Gasteiger partial charge on any atom is 0.274 e. The van der Waals surface area contributed by atoms with Crippen molar-refractivity contribution in [2.75, 3.05) is 18.8 Å². The van der Waals surface area contributed by atoms with Crippen LogP contribution in [0, 0.1) is 20.8 Å². The second-order valence-corrected chi connectivity index (χ2v) is 9.97. The van der Waals surface area contributed by atoms with Crippen LogP contribution in [0.3, 0.4) is 0 Å². The summed E-state index contributed by atoms with van der Waals surface area (Å²) >= 11 is 3.21. The Bertz CT molecular complexity index is 1130. The molecule has 8 heteroatoms. The SMILES string of the molecule is Cc1cccc(-c2sc(C)nc2C(=O)N2CCSC2CNC(=O)c2cccc(C)n2)c1. The van der Waals surface area contributed by atoms with E-state index in [-0.39, 0.29) is 17.2 Å². The van der Waals surface area contributed by atoms with Crippen LogP contribution in [0.2, 0.25) is 0 Å². The van der Waals surface area contributed by atoms with Crippen LogP contribution in [-0.2, 0) is 0 Å². The molecule has 160 valence electrons. The number of rotatable bonds is 5. The number of thiazole rings is 1. The number of nitrogens with zero attached hydrogens (tertiary/aromatic N) is 3. The molecule has 1 aliphatic heterocycles. The van der Waals surface area contributed by atoms with Gasteiger partial charge in [-0.15, -0.1) is 23.1 Å². The molecule has 0 bridgehead atoms. The molecule has 0 saturated carbocycles. The van der Waals surface area contributed by atoms with Gasteiger partial charge in [-0.25, -0.2) is 9.97 Å². The van der Waals surface area contributed by atoms with E-state index in [1.165, 1.54) is 11.3 Å². The molecule has 0 aliphatic carbocycles. The first-order valence-electron chi connectivity index (χ1n) is 10.1. The van der Waals surface area contributed by atoms with Crippen molar-refractivity contribution in [2.24, 2.45) is 0 Å². The Kier molecular flexibility index (Phi) is 6.38. The van der Waals surface area contributed by atoms with Gasteiger partial charge in [0.15, 0.2) is 0 Å². The first kappa shape index (κ1) is 21.5. The minimum Gasteiger partial charge on any atom is -0.348 e. The van der Waals surface area contributed by atoms with E-state index in [2.05, 4.69) is 21.4 Å². The highest BCUT2D eigenvalue weighted by molar-refractivity contribution is 8.00. The quantitative estimate of drug-likeness (QED) is 0.631. The molecule has 1 atom stereocenters. The summed E-state index contributed by atoms with van der Waals surface area (Å²) in [5.74, 6) is 0.519. The lowest BCUT2D eigenvalue weighted by Gasteiger charge is -2.23. The van der Waals surface area contributed by atoms with Crippen molar-refractivity contribution in [1.82, 2.24) is 20.2 Å². The standard InChI is InChI=1S/C23H24N4O2S2/c1-14-6-4-8-17(12-14)21-20(26-16(3)31-21)23(29)27-10-11-30-19(27)13-24-22(28)18-9-5-7-15(2)25-18/h4-9,12,19H,10-11,13H2,1-3H3,(H,24,28). The summed E-state index contributed by atoms with van der Waals surface area (Å²) in [5.41, 5.74) is 3.83. The van der Waals surface area contributed by atoms with Crippen LogP contribution in [0.25, 0.3) is 10.4 Å². The minimum absolute atomic E-state index is 0.0845. The number of hydrogen-bond donors (Lipinski definition) is 1. The molecule has 1 aliphatic rings. The highest BCUT2D eigenvalue weighted by atomic mass is 32.2. The molecule has 1 saturated heterocycles. The third-order valence-electron chi connectivity index (χ3n) is 5.03. The maximum absolute atomic E-state index is 13.4. The predicted octanol–water partition coefficient (Wildman–Crippen LogP) is 4.08. The van der Waals surface area contributed by atoms with Gasteiger partial charge in [0.1, 0.15) is 11.4 Å². The van der Waals surface area contributed by atoms with Crippen LogP contribution in [0.4, 0.5) is 0 Å². The summed E-state index contributed by atoms with van der Waals surface area (Å²) < 4.78 is 0. The highest BCUT2D eigenvalue weighted by Gasteiger charge is 2.33. The topological polar surface area (TPSA) is 75.2 Å². The normalized spacial score (nSPS) is 15.8. The fourth-order valence-corrected chi connectivity index (χ4v) is 5.62. The van der Waals surface area contributed by atoms with Crippen molar-refractivity contribution in [1.29, 1.82) is 0 Å². The first-order chi connectivity index (χ1) is 14.9. The average molecular weight is 453 g/mol. The summed E-state index contributed by atoms with van der Waals surface area (Å²) in [6, 6.07) is 13.5. The molecular weight excluding hydrogens is 428 g/mol. The number of carbonyl (C=O) groups excluding carboxylic acids is 2. The Morgan fingerprint density at radius 1 is 1.13 bits per heavy atom. The number of amides is 2. The lowest BCUT2D eigenvalue weighted by molar-refractivity contribution is 0.0746. The Hall–Kier alpha value is -2.71. The number of aromatic nitrogens is 2. The molecule has 3 heterocycles. The van der Waals surface area contributed by atoms with Crippen LogP contribution < -0.4 is 5.32 Å². The van der Waals surface area contributed by atoms with E-state index in [1.807, 2.05) is 56.0 Å². The second kappa shape index (κ2) is 9.20. The van der Waals surface area contributed by atoms with Gasteiger partial charge in [0.2, 0.25) is 0 Å². The molecule has 2 amide bonds. The van der Waals surface area contributed by atoms with Crippen molar-refractivity contribution in [3.8, 4) is 10.4 Å². The van der Waals surface area contributed by atoms with E-state index in [0.717, 1.165) is 32.5 Å². The predicted molar refractivity (Wildman–Crippen MR) is 126 cm³/mol. The van der Waals surface area contributed by atoms with E-state index in [1.54, 1.807) is 17.8 Å². The Balaban J connectivity index is 1.50. The molecule has 1 unspecified atom stereocenters. The van der Waals surface area contributed by atoms with Crippen LogP contribution in [0.15, 0.2) is 42.5 Å². The number of pyridine rings is 1. The third-order valence-corrected chi connectivity index (χ3v) is 7.27. The summed E-state index contributed by atoms with van der Waals surface area (Å²) in [4.78, 5) is 37.5. The van der Waals surface area contributed by atoms with Gasteiger partial charge in [-0.1, -0.05) is 35.9 Å². The zero-order valence-electron chi connectivity index (χ0n) is 17.7. The molecular formula is C23H24N4O2S2. The summed E-state index contributed by atoms with van der Waals surface area (Å²) in [5, 5.41) is 3.66. The van der Waals surface area contributed by atoms with Crippen molar-refractivity contribution >= 4 is 34.9 Å². The van der Waals surface area contributed by atoms with E-state index in [4.69, 9.17) is 0 Å². The van der Waals surface area contributed by atoms with Crippen molar-refractivity contribution in [3.05, 3.63) is 70.1 Å². The lowest BCUT2D eigenvalue weighted by Crippen LogP contribution is -2.42. The van der Waals surface area contributed by atoms with Crippen LogP contribution >= 0.6 is 23.1 Å². The van der Waals surface area contributed by atoms with E-state index >= 15 is 0 Å². The lowest BCUT2D eigenvalue weighted by atomic mass is 10.1. The van der Waals surface area contributed by atoms with Gasteiger partial charge in [-0.3, -0.25) is 9.59 Å². The van der Waals surface area contributed by atoms with Crippen molar-refractivity contribution < 1.29 is 9.59 Å². The van der Waals surface area contributed by atoms with Crippen molar-refractivity contribution in [3.63, 3.8) is 0 Å². The van der Waals surface area contributed by atoms with Gasteiger partial charge in [0.25, 0.3) is 11.8 Å². The number of thioether (sulfide) groups is 1. The van der Waals surface area contributed by atoms with Gasteiger partial charge in [0.05, 0.1) is 15.3 Å². The zero-order chi connectivity index (χ0) is 22.0. The third kappa shape index (κ3) is 4.80. The fourth-order valence-electron chi connectivity index (χ4n) is 3.55. The summed E-state index contributed by atoms with van der Waals surface area (Å²) in [7, 11) is 0. The zero-order valence-corrected chi connectivity index (χ0v) is 19.3. The van der Waals surface area contributed by atoms with Gasteiger partial charge in [-0.2, -0.15) is 0 Å². The fraction of sp³-hybridized carbons (Fsp3) is 0.304. The average Bonchev–Trinajstić information content (AvgIpc) is 3.38. The van der Waals surface area contributed by atoms with E-state index in [9.17, 15) is 9.59 Å². The maximum atomic E-state index is 13.4. The van der Waals surface area contributed by atoms with Crippen molar-refractivity contribution in [2.45, 2.75) is 26.1 Å². The van der Waals surface area contributed by atoms with E-state index < -0.39 is 0 Å². The summed E-state index contributed by atoms with van der Waals surface area (Å²) in [6.07, 6.45) is 0. The van der Waals surface area contributed by atoms with Gasteiger partial charge in [-0.05, 0) is 38.5 Å². The smallest absolute Gasteiger partial charge is 0.274 e. The number of nitrogens with one attached hydrogen (secondary N) is 1. The molecule has 2 aromatic heterocycles. The van der Waals surface area contributed by atoms with Gasteiger partial charge in [0, 0.05) is 24.5 Å². The Morgan fingerprint density at radius 2 is 1.94 bits per heavy atom. The Morgan fingerprint density at radius 3 is 2.71 bits per heavy atom. The second-order valence-electron chi connectivity index (χ2n) is 7.48. The number of aryl methyl sites for hydroxylation is 3. The molecule has 1 N–H and O–H groups in total. The van der Waals surface area contributed by atoms with Gasteiger partial charge < -0.3 is 10.2 Å². The van der Waals surface area contributed by atoms with Crippen LogP contribution in [0.1, 0.15) is 37.2 Å². The highest BCUT2D eigenvalue weighted by Crippen LogP contribution is 2.33. The minimum atomic E-state index is -0.228. The number of carbonyl (C=O) groups is 2. The Labute approximate surface area is 190 Å². The molecule has 4 rings (SSSR count). The van der Waals surface area contributed by atoms with Crippen LogP contribution in [0.5, 0.6) is 0 Å². The van der Waals surface area contributed by atoms with Gasteiger partial charge >= 0.3 is 0 Å². The number of hydrogen-bond acceptors (Lipinski definition) is 6. The number of benzene rings is 1. The molecule has 31 heavy (non-hydrogen) atoms. The molecule has 1 fully saturated rings. The van der Waals surface area contributed by atoms with E-state index in [0.29, 0.717) is 24.5 Å². The van der Waals surface area contributed by atoms with Crippen LogP contribution in [-0.4, -0.2) is 50.9 Å².